The van der Waals surface area contributed by atoms with Crippen LogP contribution >= 0.6 is 0 Å². The molecular weight excluding hydrogens is 204 g/mol. The average molecular weight is 218 g/mol. The molecule has 1 aromatic rings. The van der Waals surface area contributed by atoms with Crippen LogP contribution in [0, 0.1) is 5.41 Å². The van der Waals surface area contributed by atoms with Crippen LogP contribution in [-0.2, 0) is 20.7 Å². The summed E-state index contributed by atoms with van der Waals surface area (Å²) in [5, 5.41) is 0. The lowest BCUT2D eigenvalue weighted by molar-refractivity contribution is -0.155. The van der Waals surface area contributed by atoms with Gasteiger partial charge in [-0.05, 0) is 25.3 Å². The second-order valence-corrected chi connectivity index (χ2v) is 4.48. The molecule has 0 amide bonds. The highest BCUT2D eigenvalue weighted by Gasteiger charge is 2.44. The minimum absolute atomic E-state index is 0.207. The molecule has 1 atom stereocenters. The highest BCUT2D eigenvalue weighted by atomic mass is 16.6. The van der Waals surface area contributed by atoms with Crippen molar-refractivity contribution in [3.05, 3.63) is 35.9 Å². The number of hydrogen-bond donors (Lipinski definition) is 0. The zero-order valence-electron chi connectivity index (χ0n) is 9.23. The zero-order chi connectivity index (χ0) is 11.6. The molecule has 0 aromatic heterocycles. The molecular formula is C13H14O3. The van der Waals surface area contributed by atoms with Crippen molar-refractivity contribution < 1.29 is 14.3 Å². The van der Waals surface area contributed by atoms with Crippen LogP contribution < -0.4 is 0 Å². The Bertz CT molecular complexity index is 410. The molecule has 1 saturated heterocycles. The van der Waals surface area contributed by atoms with Crippen molar-refractivity contribution in [2.75, 3.05) is 0 Å². The SMILES string of the molecule is CC1(CCc2ccccc2)CC(=O)OC1=O. The van der Waals surface area contributed by atoms with E-state index < -0.39 is 11.4 Å². The summed E-state index contributed by atoms with van der Waals surface area (Å²) in [6, 6.07) is 9.93. The Hall–Kier alpha value is -1.64. The van der Waals surface area contributed by atoms with Gasteiger partial charge in [-0.25, -0.2) is 0 Å². The van der Waals surface area contributed by atoms with Crippen LogP contribution in [0.25, 0.3) is 0 Å². The van der Waals surface area contributed by atoms with E-state index >= 15 is 0 Å². The summed E-state index contributed by atoms with van der Waals surface area (Å²) in [5.41, 5.74) is 0.545. The first-order chi connectivity index (χ1) is 7.60. The number of cyclic esters (lactones) is 2. The van der Waals surface area contributed by atoms with E-state index in [0.29, 0.717) is 6.42 Å². The molecule has 0 bridgehead atoms. The Morgan fingerprint density at radius 3 is 2.50 bits per heavy atom. The number of aryl methyl sites for hydroxylation is 1. The number of ether oxygens (including phenoxy) is 1. The lowest BCUT2D eigenvalue weighted by Crippen LogP contribution is -2.23. The summed E-state index contributed by atoms with van der Waals surface area (Å²) in [4.78, 5) is 22.5. The van der Waals surface area contributed by atoms with Crippen molar-refractivity contribution in [3.8, 4) is 0 Å². The zero-order valence-corrected chi connectivity index (χ0v) is 9.23. The fourth-order valence-corrected chi connectivity index (χ4v) is 1.91. The van der Waals surface area contributed by atoms with Gasteiger partial charge in [-0.3, -0.25) is 9.59 Å². The third-order valence-electron chi connectivity index (χ3n) is 3.04. The number of carbonyl (C=O) groups is 2. The lowest BCUT2D eigenvalue weighted by atomic mass is 9.83. The quantitative estimate of drug-likeness (QED) is 0.576. The molecule has 1 unspecified atom stereocenters. The minimum atomic E-state index is -0.632. The molecule has 1 fully saturated rings. The number of hydrogen-bond acceptors (Lipinski definition) is 3. The first kappa shape index (κ1) is 10.9. The van der Waals surface area contributed by atoms with E-state index in [4.69, 9.17) is 0 Å². The summed E-state index contributed by atoms with van der Waals surface area (Å²) >= 11 is 0. The maximum atomic E-state index is 11.5. The van der Waals surface area contributed by atoms with Gasteiger partial charge in [0.2, 0.25) is 0 Å². The monoisotopic (exact) mass is 218 g/mol. The van der Waals surface area contributed by atoms with Gasteiger partial charge in [-0.15, -0.1) is 0 Å². The van der Waals surface area contributed by atoms with Gasteiger partial charge < -0.3 is 4.74 Å². The molecule has 2 rings (SSSR count). The molecule has 1 aromatic carbocycles. The molecule has 16 heavy (non-hydrogen) atoms. The number of rotatable bonds is 3. The highest BCUT2D eigenvalue weighted by Crippen LogP contribution is 2.34. The summed E-state index contributed by atoms with van der Waals surface area (Å²) < 4.78 is 4.59. The van der Waals surface area contributed by atoms with Gasteiger partial charge in [-0.2, -0.15) is 0 Å². The first-order valence-corrected chi connectivity index (χ1v) is 5.39. The summed E-state index contributed by atoms with van der Waals surface area (Å²) in [7, 11) is 0. The molecule has 0 spiro atoms. The summed E-state index contributed by atoms with van der Waals surface area (Å²) in [6.45, 7) is 1.79. The Kier molecular flexibility index (Phi) is 2.77. The number of esters is 2. The van der Waals surface area contributed by atoms with E-state index in [9.17, 15) is 9.59 Å². The van der Waals surface area contributed by atoms with E-state index in [0.717, 1.165) is 6.42 Å². The molecule has 1 heterocycles. The van der Waals surface area contributed by atoms with Crippen LogP contribution in [0.5, 0.6) is 0 Å². The molecule has 3 nitrogen and oxygen atoms in total. The maximum absolute atomic E-state index is 11.5. The van der Waals surface area contributed by atoms with E-state index in [2.05, 4.69) is 4.74 Å². The summed E-state index contributed by atoms with van der Waals surface area (Å²) in [5.74, 6) is -0.783. The van der Waals surface area contributed by atoms with E-state index in [1.54, 1.807) is 6.92 Å². The van der Waals surface area contributed by atoms with Gasteiger partial charge in [-0.1, -0.05) is 30.3 Å². The lowest BCUT2D eigenvalue weighted by Gasteiger charge is -2.17. The van der Waals surface area contributed by atoms with Gasteiger partial charge in [0, 0.05) is 0 Å². The fourth-order valence-electron chi connectivity index (χ4n) is 1.91. The number of carbonyl (C=O) groups excluding carboxylic acids is 2. The molecule has 1 aliphatic rings. The maximum Gasteiger partial charge on any atom is 0.320 e. The first-order valence-electron chi connectivity index (χ1n) is 5.39. The topological polar surface area (TPSA) is 43.4 Å². The molecule has 0 N–H and O–H groups in total. The molecule has 0 aliphatic carbocycles. The van der Waals surface area contributed by atoms with Crippen molar-refractivity contribution in [2.24, 2.45) is 5.41 Å². The standard InChI is InChI=1S/C13H14O3/c1-13(9-11(14)16-12(13)15)8-7-10-5-3-2-4-6-10/h2-6H,7-9H2,1H3. The largest absolute Gasteiger partial charge is 0.393 e. The Balaban J connectivity index is 2.00. The molecule has 1 aliphatic heterocycles. The molecule has 3 heteroatoms. The third-order valence-corrected chi connectivity index (χ3v) is 3.04. The van der Waals surface area contributed by atoms with Crippen LogP contribution in [0.15, 0.2) is 30.3 Å². The van der Waals surface area contributed by atoms with E-state index in [-0.39, 0.29) is 12.4 Å². The molecule has 84 valence electrons. The van der Waals surface area contributed by atoms with Crippen molar-refractivity contribution in [1.82, 2.24) is 0 Å². The van der Waals surface area contributed by atoms with Crippen LogP contribution in [0.4, 0.5) is 0 Å². The second-order valence-electron chi connectivity index (χ2n) is 4.48. The average Bonchev–Trinajstić information content (AvgIpc) is 2.52. The van der Waals surface area contributed by atoms with Crippen LogP contribution in [0.1, 0.15) is 25.3 Å². The predicted molar refractivity (Wildman–Crippen MR) is 58.6 cm³/mol. The predicted octanol–water partition coefficient (Wildman–Crippen LogP) is 2.10. The molecule has 0 saturated carbocycles. The van der Waals surface area contributed by atoms with E-state index in [1.807, 2.05) is 30.3 Å². The minimum Gasteiger partial charge on any atom is -0.393 e. The van der Waals surface area contributed by atoms with Crippen LogP contribution in [0.2, 0.25) is 0 Å². The van der Waals surface area contributed by atoms with Crippen LogP contribution in [0.3, 0.4) is 0 Å². The fraction of sp³-hybridized carbons (Fsp3) is 0.385. The Labute approximate surface area is 94.4 Å². The van der Waals surface area contributed by atoms with Gasteiger partial charge in [0.1, 0.15) is 0 Å². The summed E-state index contributed by atoms with van der Waals surface area (Å²) in [6.07, 6.45) is 1.65. The Morgan fingerprint density at radius 2 is 1.94 bits per heavy atom. The molecule has 0 radical (unpaired) electrons. The van der Waals surface area contributed by atoms with Gasteiger partial charge in [0.15, 0.2) is 0 Å². The van der Waals surface area contributed by atoms with Gasteiger partial charge in [0.25, 0.3) is 0 Å². The van der Waals surface area contributed by atoms with Crippen molar-refractivity contribution >= 4 is 11.9 Å². The van der Waals surface area contributed by atoms with Gasteiger partial charge >= 0.3 is 11.9 Å². The van der Waals surface area contributed by atoms with Crippen molar-refractivity contribution in [3.63, 3.8) is 0 Å². The smallest absolute Gasteiger partial charge is 0.320 e. The van der Waals surface area contributed by atoms with Crippen molar-refractivity contribution in [2.45, 2.75) is 26.2 Å². The Morgan fingerprint density at radius 1 is 1.25 bits per heavy atom. The highest BCUT2D eigenvalue weighted by molar-refractivity contribution is 5.97. The number of benzene rings is 1. The van der Waals surface area contributed by atoms with Crippen molar-refractivity contribution in [1.29, 1.82) is 0 Å². The van der Waals surface area contributed by atoms with E-state index in [1.165, 1.54) is 5.56 Å². The third kappa shape index (κ3) is 2.13. The van der Waals surface area contributed by atoms with Gasteiger partial charge in [0.05, 0.1) is 11.8 Å². The second kappa shape index (κ2) is 4.08. The normalized spacial score (nSPS) is 24.6. The van der Waals surface area contributed by atoms with Crippen LogP contribution in [-0.4, -0.2) is 11.9 Å².